The minimum Gasteiger partial charge on any atom is -0.460 e. The molecule has 2 fully saturated rings. The molecular formula is C73H136O28Si8. The van der Waals surface area contributed by atoms with Crippen LogP contribution in [0.2, 0.25) is 101 Å². The summed E-state index contributed by atoms with van der Waals surface area (Å²) in [7, 11) is -24.6. The summed E-state index contributed by atoms with van der Waals surface area (Å²) in [5.41, 5.74) is 1.91. The van der Waals surface area contributed by atoms with E-state index in [0.717, 1.165) is 19.3 Å². The molecule has 4 atom stereocenters. The molecule has 0 aliphatic carbocycles. The lowest BCUT2D eigenvalue weighted by Gasteiger charge is -2.50. The van der Waals surface area contributed by atoms with E-state index >= 15 is 0 Å². The van der Waals surface area contributed by atoms with Gasteiger partial charge in [-0.1, -0.05) is 39.5 Å². The van der Waals surface area contributed by atoms with Crippen LogP contribution in [0, 0.1) is 0 Å². The summed E-state index contributed by atoms with van der Waals surface area (Å²) in [6.45, 7) is 54.7. The number of hydrogen-bond acceptors (Lipinski definition) is 28. The summed E-state index contributed by atoms with van der Waals surface area (Å²) in [6.07, 6.45) is 7.71. The Morgan fingerprint density at radius 3 is 0.440 bits per heavy atom. The van der Waals surface area contributed by atoms with Gasteiger partial charge in [0.25, 0.3) is 0 Å². The number of esters is 6. The van der Waals surface area contributed by atoms with Crippen molar-refractivity contribution in [2.45, 2.75) is 213 Å². The number of unbranched alkanes of at least 4 members (excludes halogenated alkanes) is 2. The summed E-state index contributed by atoms with van der Waals surface area (Å²) in [5, 5.41) is 0. The predicted octanol–water partition coefficient (Wildman–Crippen LogP) is 12.9. The van der Waals surface area contributed by atoms with Crippen molar-refractivity contribution in [3.05, 3.63) is 72.9 Å². The van der Waals surface area contributed by atoms with Gasteiger partial charge in [0.1, 0.15) is 39.6 Å². The summed E-state index contributed by atoms with van der Waals surface area (Å²) in [4.78, 5) is 71.8. The van der Waals surface area contributed by atoms with E-state index in [2.05, 4.69) is 91.8 Å². The van der Waals surface area contributed by atoms with Gasteiger partial charge in [0.05, 0.1) is 39.6 Å². The van der Waals surface area contributed by atoms with Gasteiger partial charge in [-0.05, 0) is 213 Å². The van der Waals surface area contributed by atoms with E-state index in [1.165, 1.54) is 0 Å². The topological polar surface area (TPSA) is 305 Å². The highest BCUT2D eigenvalue weighted by atomic mass is 28.5. The third-order valence-corrected chi connectivity index (χ3v) is 54.5. The van der Waals surface area contributed by atoms with E-state index in [4.69, 9.17) is 99.2 Å². The molecule has 0 bridgehead atoms. The van der Waals surface area contributed by atoms with E-state index in [9.17, 15) is 28.8 Å². The third-order valence-electron chi connectivity index (χ3n) is 16.7. The molecule has 4 unspecified atom stereocenters. The Kier molecular flexibility index (Phi) is 50.5. The first-order chi connectivity index (χ1) is 51.3. The number of carbonyl (C=O) groups excluding carboxylic acids is 6. The van der Waals surface area contributed by atoms with E-state index in [-0.39, 0.29) is 79.3 Å². The molecule has 0 aromatic heterocycles. The highest BCUT2D eigenvalue weighted by Gasteiger charge is 2.58. The highest BCUT2D eigenvalue weighted by molar-refractivity contribution is 6.95. The normalized spacial score (nSPS) is 24.3. The van der Waals surface area contributed by atoms with Gasteiger partial charge in [-0.2, -0.15) is 0 Å². The van der Waals surface area contributed by atoms with Gasteiger partial charge in [0.15, 0.2) is 0 Å². The Hall–Kier alpha value is -3.64. The molecule has 109 heavy (non-hydrogen) atoms. The smallest absolute Gasteiger partial charge is 0.333 e. The molecule has 0 aromatic carbocycles. The van der Waals surface area contributed by atoms with Gasteiger partial charge < -0.3 is 99.2 Å². The second kappa shape index (κ2) is 54.2. The maximum Gasteiger partial charge on any atom is 0.333 e. The number of carbonyl (C=O) groups is 6. The summed E-state index contributed by atoms with van der Waals surface area (Å²) in [5.74, 6) is -2.79. The van der Waals surface area contributed by atoms with Crippen molar-refractivity contribution in [3.8, 4) is 0 Å². The molecular weight excluding hydrogens is 1550 g/mol. The van der Waals surface area contributed by atoms with Crippen LogP contribution in [0.3, 0.4) is 0 Å². The zero-order valence-electron chi connectivity index (χ0n) is 68.7. The van der Waals surface area contributed by atoms with Crippen LogP contribution in [0.4, 0.5) is 0 Å². The van der Waals surface area contributed by atoms with Gasteiger partial charge in [0.2, 0.25) is 0 Å². The molecule has 0 radical (unpaired) electrons. The summed E-state index contributed by atoms with van der Waals surface area (Å²) >= 11 is 0. The van der Waals surface area contributed by atoms with Crippen LogP contribution in [-0.2, 0) is 128 Å². The van der Waals surface area contributed by atoms with Crippen molar-refractivity contribution in [1.82, 2.24) is 0 Å². The monoisotopic (exact) mass is 1680 g/mol. The molecule has 2 saturated heterocycles. The van der Waals surface area contributed by atoms with Gasteiger partial charge >= 0.3 is 104 Å². The minimum absolute atomic E-state index is 0.107. The zero-order valence-corrected chi connectivity index (χ0v) is 76.7. The molecule has 2 aliphatic heterocycles. The largest absolute Gasteiger partial charge is 0.460 e. The van der Waals surface area contributed by atoms with Crippen molar-refractivity contribution in [1.29, 1.82) is 0 Å². The lowest BCUT2D eigenvalue weighted by Crippen LogP contribution is -2.67. The molecule has 0 saturated carbocycles. The van der Waals surface area contributed by atoms with Crippen LogP contribution >= 0.6 is 0 Å². The van der Waals surface area contributed by atoms with E-state index in [1.54, 1.807) is 41.5 Å². The van der Waals surface area contributed by atoms with E-state index < -0.39 is 104 Å². The van der Waals surface area contributed by atoms with Gasteiger partial charge in [-0.3, -0.25) is 0 Å². The Balaban J connectivity index is 2.21. The third kappa shape index (κ3) is 47.1. The molecule has 28 nitrogen and oxygen atoms in total. The number of hydrogen-bond donors (Lipinski definition) is 0. The first-order valence-electron chi connectivity index (χ1n) is 38.5. The molecule has 2 rings (SSSR count). The maximum absolute atomic E-state index is 12.0. The SMILES string of the molecule is C=C(C)C(=O)OCCOCCC[Si]1(C)O[Si](C)(CCCOCCCCCOCCC[Si]2(C)O[Si](C)(CCCOCCOC(=O)C(=C)C)O[Si](C)(CCCOCCOC(=O)C(=C)C)O[Si](C)(CCCOCCOC(=O)C(=C)C)O2)O[Si](C)(CCCOCCOC(=O)C(=C)C)O[Si](C)(CCCOCCOC(=O)C(=C)C)O1. The Labute approximate surface area is 659 Å². The standard InChI is InChI=1S/C73H136O28Si8/c1-62(2)68(74)88-48-42-82-36-26-56-104(15)94-102(13,95-105(16,57-27-37-83-43-49-89-69(75)63(3)4)99-108(19,98-104)60-30-40-86-46-52-92-72(78)66(9)10)54-24-34-80-32-22-21-23-33-81-35-25-55-103(14)96-106(17,58-28-38-84-44-50-90-70(76)64(5)6)100-109(20,61-31-41-87-47-53-93-73(79)67(11)12)101-107(18,97-103)59-29-39-85-45-51-91-71(77)65(7)8/h1,3,5,7,9,11,21-61H2,2,4,6,8,10,12-20H3. The maximum atomic E-state index is 12.0. The molecule has 0 amide bonds. The highest BCUT2D eigenvalue weighted by Crippen LogP contribution is 2.41. The van der Waals surface area contributed by atoms with Crippen LogP contribution in [0.1, 0.15) is 112 Å². The zero-order chi connectivity index (χ0) is 81.5. The Bertz CT molecular complexity index is 2520. The number of ether oxygens (including phenoxy) is 14. The van der Waals surface area contributed by atoms with Gasteiger partial charge in [-0.15, -0.1) is 0 Å². The average Bonchev–Trinajstić information content (AvgIpc) is 0.774. The van der Waals surface area contributed by atoms with Crippen LogP contribution in [0.15, 0.2) is 72.9 Å². The van der Waals surface area contributed by atoms with Crippen LogP contribution in [0.5, 0.6) is 0 Å². The quantitative estimate of drug-likeness (QED) is 0.0180. The predicted molar refractivity (Wildman–Crippen MR) is 432 cm³/mol. The van der Waals surface area contributed by atoms with E-state index in [0.29, 0.717) is 199 Å². The number of rotatable bonds is 62. The first-order valence-corrected chi connectivity index (χ1v) is 58.7. The van der Waals surface area contributed by atoms with Crippen molar-refractivity contribution in [3.63, 3.8) is 0 Å². The Morgan fingerprint density at radius 1 is 0.193 bits per heavy atom. The summed E-state index contributed by atoms with van der Waals surface area (Å²) in [6, 6.07) is 4.83. The average molecular weight is 1690 g/mol. The molecule has 0 spiro atoms. The lowest BCUT2D eigenvalue weighted by atomic mass is 10.2. The van der Waals surface area contributed by atoms with Crippen LogP contribution in [-0.4, -0.2) is 250 Å². The fraction of sp³-hybridized carbons (Fsp3) is 0.753. The minimum atomic E-state index is -3.08. The first kappa shape index (κ1) is 101. The van der Waals surface area contributed by atoms with Crippen molar-refractivity contribution >= 4 is 104 Å². The lowest BCUT2D eigenvalue weighted by molar-refractivity contribution is -0.141. The molecule has 628 valence electrons. The Morgan fingerprint density at radius 2 is 0.312 bits per heavy atom. The van der Waals surface area contributed by atoms with Gasteiger partial charge in [-0.25, -0.2) is 28.8 Å². The molecule has 0 N–H and O–H groups in total. The molecule has 36 heteroatoms. The summed E-state index contributed by atoms with van der Waals surface area (Å²) < 4.78 is 139. The fourth-order valence-corrected chi connectivity index (χ4v) is 58.3. The molecule has 0 aromatic rings. The second-order valence-corrected chi connectivity index (χ2v) is 57.8. The molecule has 2 aliphatic rings. The van der Waals surface area contributed by atoms with Crippen LogP contribution < -0.4 is 0 Å². The van der Waals surface area contributed by atoms with Gasteiger partial charge in [0, 0.05) is 99.5 Å². The van der Waals surface area contributed by atoms with Crippen LogP contribution in [0.25, 0.3) is 0 Å². The van der Waals surface area contributed by atoms with Crippen molar-refractivity contribution in [2.75, 3.05) is 145 Å². The van der Waals surface area contributed by atoms with Crippen molar-refractivity contribution in [2.24, 2.45) is 0 Å². The molecule has 2 heterocycles. The van der Waals surface area contributed by atoms with E-state index in [1.807, 2.05) is 0 Å². The van der Waals surface area contributed by atoms with Crippen molar-refractivity contribution < 1.29 is 128 Å². The fourth-order valence-electron chi connectivity index (χ4n) is 11.9. The second-order valence-electron chi connectivity index (χ2n) is 29.2.